The summed E-state index contributed by atoms with van der Waals surface area (Å²) in [4.78, 5) is 11.9. The fraction of sp³-hybridized carbons (Fsp3) is 0.353. The second-order valence-electron chi connectivity index (χ2n) is 5.47. The van der Waals surface area contributed by atoms with E-state index in [1.165, 1.54) is 6.26 Å². The maximum Gasteiger partial charge on any atom is 0.220 e. The largest absolute Gasteiger partial charge is 0.467 e. The number of carbonyl (C=O) groups excluding carboxylic acids is 1. The van der Waals surface area contributed by atoms with Crippen molar-refractivity contribution in [2.75, 3.05) is 0 Å². The molecule has 0 radical (unpaired) electrons. The Morgan fingerprint density at radius 1 is 1.35 bits per heavy atom. The molecule has 0 spiro atoms. The Morgan fingerprint density at radius 3 is 2.83 bits per heavy atom. The lowest BCUT2D eigenvalue weighted by Gasteiger charge is -2.16. The molecule has 0 aliphatic rings. The summed E-state index contributed by atoms with van der Waals surface area (Å²) in [5.41, 5.74) is 0.170. The SMILES string of the molecule is CC(CC(O)c1ccco1)NC(=O)CCc1cc(F)ccc1F. The Bertz CT molecular complexity index is 643. The molecule has 1 amide bonds. The van der Waals surface area contributed by atoms with Gasteiger partial charge in [0.15, 0.2) is 0 Å². The second-order valence-corrected chi connectivity index (χ2v) is 5.47. The van der Waals surface area contributed by atoms with Gasteiger partial charge in [-0.05, 0) is 49.2 Å². The standard InChI is InChI=1S/C17H19F2NO3/c1-11(9-15(21)16-3-2-8-23-16)20-17(22)7-4-12-10-13(18)5-6-14(12)19/h2-3,5-6,8,10-11,15,21H,4,7,9H2,1H3,(H,20,22). The van der Waals surface area contributed by atoms with Gasteiger partial charge < -0.3 is 14.8 Å². The van der Waals surface area contributed by atoms with Gasteiger partial charge in [-0.25, -0.2) is 8.78 Å². The van der Waals surface area contributed by atoms with E-state index in [2.05, 4.69) is 5.32 Å². The second kappa shape index (κ2) is 7.87. The molecule has 23 heavy (non-hydrogen) atoms. The van der Waals surface area contributed by atoms with Crippen LogP contribution in [0.3, 0.4) is 0 Å². The van der Waals surface area contributed by atoms with Crippen molar-refractivity contribution in [1.82, 2.24) is 5.32 Å². The number of carbonyl (C=O) groups is 1. The Balaban J connectivity index is 1.79. The zero-order valence-electron chi connectivity index (χ0n) is 12.8. The summed E-state index contributed by atoms with van der Waals surface area (Å²) in [6.45, 7) is 1.76. The van der Waals surface area contributed by atoms with Crippen molar-refractivity contribution >= 4 is 5.91 Å². The van der Waals surface area contributed by atoms with Crippen LogP contribution in [0.1, 0.15) is 37.2 Å². The Hall–Kier alpha value is -2.21. The molecule has 0 saturated heterocycles. The molecule has 0 aliphatic carbocycles. The third-order valence-electron chi connectivity index (χ3n) is 3.48. The van der Waals surface area contributed by atoms with Gasteiger partial charge in [0.05, 0.1) is 6.26 Å². The Labute approximate surface area is 133 Å². The van der Waals surface area contributed by atoms with Gasteiger partial charge in [0, 0.05) is 18.9 Å². The average molecular weight is 323 g/mol. The lowest BCUT2D eigenvalue weighted by atomic mass is 10.1. The molecule has 0 bridgehead atoms. The van der Waals surface area contributed by atoms with Crippen LogP contribution in [0.5, 0.6) is 0 Å². The zero-order chi connectivity index (χ0) is 16.8. The zero-order valence-corrected chi connectivity index (χ0v) is 12.8. The molecular formula is C17H19F2NO3. The molecule has 1 aromatic heterocycles. The summed E-state index contributed by atoms with van der Waals surface area (Å²) in [5.74, 6) is -0.905. The molecule has 1 heterocycles. The van der Waals surface area contributed by atoms with E-state index < -0.39 is 17.7 Å². The van der Waals surface area contributed by atoms with Crippen LogP contribution < -0.4 is 5.32 Å². The number of amides is 1. The van der Waals surface area contributed by atoms with Crippen LogP contribution in [0.15, 0.2) is 41.0 Å². The predicted molar refractivity (Wildman–Crippen MR) is 80.6 cm³/mol. The van der Waals surface area contributed by atoms with Gasteiger partial charge in [-0.15, -0.1) is 0 Å². The number of aryl methyl sites for hydroxylation is 1. The summed E-state index contributed by atoms with van der Waals surface area (Å²) in [5, 5.41) is 12.7. The molecule has 4 nitrogen and oxygen atoms in total. The lowest BCUT2D eigenvalue weighted by Crippen LogP contribution is -2.33. The first-order valence-corrected chi connectivity index (χ1v) is 7.40. The lowest BCUT2D eigenvalue weighted by molar-refractivity contribution is -0.121. The van der Waals surface area contributed by atoms with Crippen LogP contribution in [-0.4, -0.2) is 17.1 Å². The van der Waals surface area contributed by atoms with Crippen molar-refractivity contribution in [2.24, 2.45) is 0 Å². The van der Waals surface area contributed by atoms with E-state index in [-0.39, 0.29) is 30.4 Å². The fourth-order valence-electron chi connectivity index (χ4n) is 2.32. The van der Waals surface area contributed by atoms with Gasteiger partial charge in [-0.2, -0.15) is 0 Å². The number of hydrogen-bond donors (Lipinski definition) is 2. The smallest absolute Gasteiger partial charge is 0.220 e. The van der Waals surface area contributed by atoms with Crippen LogP contribution in [0.2, 0.25) is 0 Å². The first-order valence-electron chi connectivity index (χ1n) is 7.40. The monoisotopic (exact) mass is 323 g/mol. The minimum absolute atomic E-state index is 0.0432. The van der Waals surface area contributed by atoms with Crippen molar-refractivity contribution in [2.45, 2.75) is 38.3 Å². The molecule has 124 valence electrons. The van der Waals surface area contributed by atoms with E-state index in [1.54, 1.807) is 19.1 Å². The van der Waals surface area contributed by atoms with Gasteiger partial charge in [0.2, 0.25) is 5.91 Å². The van der Waals surface area contributed by atoms with Crippen LogP contribution in [0.25, 0.3) is 0 Å². The highest BCUT2D eigenvalue weighted by atomic mass is 19.1. The highest BCUT2D eigenvalue weighted by molar-refractivity contribution is 5.76. The molecule has 0 fully saturated rings. The number of halogens is 2. The predicted octanol–water partition coefficient (Wildman–Crippen LogP) is 3.12. The highest BCUT2D eigenvalue weighted by Crippen LogP contribution is 2.18. The van der Waals surface area contributed by atoms with Gasteiger partial charge in [-0.3, -0.25) is 4.79 Å². The third-order valence-corrected chi connectivity index (χ3v) is 3.48. The normalized spacial score (nSPS) is 13.6. The van der Waals surface area contributed by atoms with E-state index in [0.717, 1.165) is 18.2 Å². The van der Waals surface area contributed by atoms with Crippen molar-refractivity contribution in [3.63, 3.8) is 0 Å². The first kappa shape index (κ1) is 17.1. The van der Waals surface area contributed by atoms with E-state index in [4.69, 9.17) is 4.42 Å². The number of benzene rings is 1. The van der Waals surface area contributed by atoms with Crippen molar-refractivity contribution < 1.29 is 23.1 Å². The molecule has 2 N–H and O–H groups in total. The molecule has 2 aromatic rings. The van der Waals surface area contributed by atoms with Crippen molar-refractivity contribution in [3.05, 3.63) is 59.6 Å². The third kappa shape index (κ3) is 5.17. The van der Waals surface area contributed by atoms with Gasteiger partial charge in [-0.1, -0.05) is 0 Å². The maximum absolute atomic E-state index is 13.5. The van der Waals surface area contributed by atoms with Gasteiger partial charge in [0.1, 0.15) is 23.5 Å². The van der Waals surface area contributed by atoms with Crippen molar-refractivity contribution in [1.29, 1.82) is 0 Å². The first-order chi connectivity index (χ1) is 11.0. The Kier molecular flexibility index (Phi) is 5.87. The molecule has 2 atom stereocenters. The Morgan fingerprint density at radius 2 is 2.13 bits per heavy atom. The highest BCUT2D eigenvalue weighted by Gasteiger charge is 2.16. The number of rotatable bonds is 7. The minimum Gasteiger partial charge on any atom is -0.467 e. The molecular weight excluding hydrogens is 304 g/mol. The molecule has 0 saturated carbocycles. The molecule has 1 aromatic carbocycles. The number of aliphatic hydroxyl groups is 1. The van der Waals surface area contributed by atoms with Crippen LogP contribution in [0.4, 0.5) is 8.78 Å². The topological polar surface area (TPSA) is 62.5 Å². The van der Waals surface area contributed by atoms with Gasteiger partial charge in [0.25, 0.3) is 0 Å². The molecule has 6 heteroatoms. The fourth-order valence-corrected chi connectivity index (χ4v) is 2.32. The quantitative estimate of drug-likeness (QED) is 0.823. The van der Waals surface area contributed by atoms with E-state index in [9.17, 15) is 18.7 Å². The average Bonchev–Trinajstić information content (AvgIpc) is 3.02. The van der Waals surface area contributed by atoms with Crippen LogP contribution >= 0.6 is 0 Å². The summed E-state index contributed by atoms with van der Waals surface area (Å²) in [6.07, 6.45) is 1.12. The molecule has 2 unspecified atom stereocenters. The maximum atomic E-state index is 13.5. The minimum atomic E-state index is -0.805. The molecule has 2 rings (SSSR count). The van der Waals surface area contributed by atoms with Crippen LogP contribution in [0, 0.1) is 11.6 Å². The van der Waals surface area contributed by atoms with E-state index in [0.29, 0.717) is 12.2 Å². The van der Waals surface area contributed by atoms with Crippen LogP contribution in [-0.2, 0) is 11.2 Å². The summed E-state index contributed by atoms with van der Waals surface area (Å²) in [6, 6.07) is 6.23. The van der Waals surface area contributed by atoms with E-state index >= 15 is 0 Å². The number of furan rings is 1. The van der Waals surface area contributed by atoms with Crippen molar-refractivity contribution in [3.8, 4) is 0 Å². The summed E-state index contributed by atoms with van der Waals surface area (Å²) in [7, 11) is 0. The molecule has 0 aliphatic heterocycles. The number of aliphatic hydroxyl groups excluding tert-OH is 1. The summed E-state index contributed by atoms with van der Waals surface area (Å²) < 4.78 is 31.6. The number of nitrogens with one attached hydrogen (secondary N) is 1. The van der Waals surface area contributed by atoms with E-state index in [1.807, 2.05) is 0 Å². The summed E-state index contributed by atoms with van der Waals surface area (Å²) >= 11 is 0. The number of hydrogen-bond acceptors (Lipinski definition) is 3. The van der Waals surface area contributed by atoms with Gasteiger partial charge >= 0.3 is 0 Å².